The maximum absolute atomic E-state index is 13.1. The van der Waals surface area contributed by atoms with E-state index in [2.05, 4.69) is 30.6 Å². The van der Waals surface area contributed by atoms with Crippen molar-refractivity contribution in [3.8, 4) is 23.5 Å². The van der Waals surface area contributed by atoms with Gasteiger partial charge in [-0.05, 0) is 48.2 Å². The lowest BCUT2D eigenvalue weighted by Gasteiger charge is -2.12. The van der Waals surface area contributed by atoms with E-state index in [4.69, 9.17) is 56.9 Å². The molecule has 26 heteroatoms. The highest BCUT2D eigenvalue weighted by Crippen LogP contribution is 2.39. The number of nitrogens with zero attached hydrogens (tertiary/aromatic N) is 8. The van der Waals surface area contributed by atoms with Gasteiger partial charge < -0.3 is 0 Å². The second-order valence-corrected chi connectivity index (χ2v) is 17.1. The molecule has 0 saturated heterocycles. The summed E-state index contributed by atoms with van der Waals surface area (Å²) in [5.41, 5.74) is -4.73. The number of rotatable bonds is 8. The number of halogens is 4. The quantitative estimate of drug-likeness (QED) is 0.169. The van der Waals surface area contributed by atoms with Crippen LogP contribution in [0.3, 0.4) is 0 Å². The Morgan fingerprint density at radius 3 is 1.48 bits per heavy atom. The van der Waals surface area contributed by atoms with Crippen LogP contribution >= 0.6 is 58.2 Å². The van der Waals surface area contributed by atoms with Crippen molar-refractivity contribution in [3.05, 3.63) is 141 Å². The summed E-state index contributed by atoms with van der Waals surface area (Å²) < 4.78 is 27.6. The first-order valence-electron chi connectivity index (χ1n) is 16.6. The fourth-order valence-corrected chi connectivity index (χ4v) is 8.93. The summed E-state index contributed by atoms with van der Waals surface area (Å²) in [4.78, 5) is 74.7. The van der Waals surface area contributed by atoms with Crippen LogP contribution in [0, 0.1) is 22.7 Å². The average Bonchev–Trinajstić information content (AvgIpc) is 3.16. The lowest BCUT2D eigenvalue weighted by molar-refractivity contribution is 0.588. The molecule has 0 amide bonds. The zero-order chi connectivity index (χ0) is 44.4. The molecule has 4 N–H and O–H groups in total. The highest BCUT2D eigenvalue weighted by Gasteiger charge is 2.28. The number of nitrogens with one attached hydrogen (secondary N) is 4. The number of nitriles is 2. The van der Waals surface area contributed by atoms with Gasteiger partial charge in [-0.1, -0.05) is 85.9 Å². The van der Waals surface area contributed by atoms with Crippen LogP contribution in [0.15, 0.2) is 85.0 Å². The van der Waals surface area contributed by atoms with E-state index >= 15 is 0 Å². The van der Waals surface area contributed by atoms with E-state index in [0.717, 1.165) is 34.6 Å². The van der Waals surface area contributed by atoms with Gasteiger partial charge in [-0.15, -0.1) is 10.2 Å². The monoisotopic (exact) mass is 932 g/mol. The Morgan fingerprint density at radius 2 is 1.05 bits per heavy atom. The van der Waals surface area contributed by atoms with Gasteiger partial charge in [0.25, 0.3) is 22.2 Å². The molecule has 308 valence electrons. The largest absolute Gasteiger partial charge is 0.349 e. The molecule has 2 aromatic carbocycles. The molecule has 0 saturated carbocycles. The predicted octanol–water partition coefficient (Wildman–Crippen LogP) is 3.60. The predicted molar refractivity (Wildman–Crippen MR) is 218 cm³/mol. The topological polar surface area (TPSA) is 309 Å². The number of aromatic amines is 4. The molecule has 20 nitrogen and oxygen atoms in total. The van der Waals surface area contributed by atoms with Crippen LogP contribution in [0.5, 0.6) is 0 Å². The van der Waals surface area contributed by atoms with E-state index in [1.165, 1.54) is 18.2 Å². The lowest BCUT2D eigenvalue weighted by Crippen LogP contribution is -2.33. The summed E-state index contributed by atoms with van der Waals surface area (Å²) in [6.07, 6.45) is 0. The van der Waals surface area contributed by atoms with E-state index in [1.807, 2.05) is 23.8 Å². The maximum atomic E-state index is 13.1. The third-order valence-electron chi connectivity index (χ3n) is 7.94. The third kappa shape index (κ3) is 9.34. The molecule has 0 atom stereocenters. The van der Waals surface area contributed by atoms with E-state index in [9.17, 15) is 37.2 Å². The zero-order valence-electron chi connectivity index (χ0n) is 30.8. The highest BCUT2D eigenvalue weighted by atomic mass is 35.5. The van der Waals surface area contributed by atoms with Crippen LogP contribution in [0.1, 0.15) is 62.0 Å². The summed E-state index contributed by atoms with van der Waals surface area (Å²) in [6, 6.07) is 10.9. The number of aromatic nitrogens is 10. The summed E-state index contributed by atoms with van der Waals surface area (Å²) in [6.45, 7) is 7.19. The standard InChI is InChI=1S/C17H12Cl2N6O5S.C17H12Cl2N6O3S/c1-7(2)9-5-13(22-23-15(9)26)31(29,30)14-10(18)3-8(4-11(14)19)25-17(28)21-16(27)12(6-20)24-25;1-7(2)9-5-13(22-23-15(9)26)29-14-10(18)3-8(4-11(14)19)25-17(28)21-16(27)12(6-20)24-25/h3-5,7H,1-2H3,(H,23,26)(H,21,27,28);3-5,7H,1-2H3,(H,23,26)(H,21,27,28). The fraction of sp³-hybridized carbons (Fsp3) is 0.176. The minimum absolute atomic E-state index is 0.00179. The first kappa shape index (κ1) is 45.0. The SMILES string of the molecule is CC(C)c1cc(S(=O)(=O)c2c(Cl)cc(-n3nc(C#N)c(=O)[nH]c3=O)cc2Cl)n[nH]c1=O.CC(C)c1cc(Sc2c(Cl)cc(-n3nc(C#N)c(=O)[nH]c3=O)cc2Cl)n[nH]c1=O. The molecular formula is C34H24Cl4N12O8S2. The summed E-state index contributed by atoms with van der Waals surface area (Å²) in [5.74, 6) is -0.275. The Hall–Kier alpha value is -6.14. The summed E-state index contributed by atoms with van der Waals surface area (Å²) >= 11 is 26.1. The molecule has 60 heavy (non-hydrogen) atoms. The van der Waals surface area contributed by atoms with Crippen molar-refractivity contribution < 1.29 is 8.42 Å². The zero-order valence-corrected chi connectivity index (χ0v) is 35.4. The molecule has 0 aliphatic carbocycles. The molecular weight excluding hydrogens is 910 g/mol. The fourth-order valence-electron chi connectivity index (χ4n) is 5.05. The highest BCUT2D eigenvalue weighted by molar-refractivity contribution is 7.99. The Bertz CT molecular complexity index is 3240. The van der Waals surface area contributed by atoms with Crippen molar-refractivity contribution in [1.29, 1.82) is 10.5 Å². The third-order valence-corrected chi connectivity index (χ3v) is 12.4. The first-order chi connectivity index (χ1) is 28.2. The second kappa shape index (κ2) is 18.0. The van der Waals surface area contributed by atoms with Crippen LogP contribution in [0.4, 0.5) is 0 Å². The van der Waals surface area contributed by atoms with Crippen LogP contribution in [0.2, 0.25) is 20.1 Å². The molecule has 0 unspecified atom stereocenters. The Kier molecular flexibility index (Phi) is 13.5. The van der Waals surface area contributed by atoms with Crippen LogP contribution < -0.4 is 33.6 Å². The minimum Gasteiger partial charge on any atom is -0.270 e. The Labute approximate surface area is 359 Å². The number of hydrogen-bond acceptors (Lipinski definition) is 15. The maximum Gasteiger partial charge on any atom is 0.349 e. The number of benzene rings is 2. The van der Waals surface area contributed by atoms with Gasteiger partial charge in [-0.25, -0.2) is 28.2 Å². The van der Waals surface area contributed by atoms with Gasteiger partial charge in [0.15, 0.2) is 5.03 Å². The molecule has 0 radical (unpaired) electrons. The van der Waals surface area contributed by atoms with Crippen LogP contribution in [0.25, 0.3) is 11.4 Å². The van der Waals surface area contributed by atoms with Crippen molar-refractivity contribution in [1.82, 2.24) is 49.9 Å². The summed E-state index contributed by atoms with van der Waals surface area (Å²) in [7, 11) is -4.36. The van der Waals surface area contributed by atoms with Gasteiger partial charge in [0.05, 0.1) is 36.4 Å². The van der Waals surface area contributed by atoms with E-state index in [0.29, 0.717) is 20.2 Å². The van der Waals surface area contributed by atoms with E-state index in [-0.39, 0.29) is 54.4 Å². The smallest absolute Gasteiger partial charge is 0.270 e. The second-order valence-electron chi connectivity index (χ2n) is 12.6. The van der Waals surface area contributed by atoms with Crippen molar-refractivity contribution in [3.63, 3.8) is 0 Å². The number of hydrogen-bond donors (Lipinski definition) is 4. The number of sulfone groups is 1. The molecule has 6 aromatic rings. The van der Waals surface area contributed by atoms with Crippen LogP contribution in [-0.4, -0.2) is 58.3 Å². The van der Waals surface area contributed by atoms with Gasteiger partial charge in [-0.2, -0.15) is 30.1 Å². The molecule has 4 aromatic heterocycles. The van der Waals surface area contributed by atoms with Gasteiger partial charge in [0, 0.05) is 11.1 Å². The van der Waals surface area contributed by atoms with Gasteiger partial charge in [0.2, 0.25) is 21.2 Å². The van der Waals surface area contributed by atoms with E-state index < -0.39 is 59.2 Å². The Morgan fingerprint density at radius 1 is 0.633 bits per heavy atom. The Balaban J connectivity index is 0.000000228. The van der Waals surface area contributed by atoms with Crippen molar-refractivity contribution >= 4 is 68.0 Å². The first-order valence-corrected chi connectivity index (χ1v) is 20.4. The van der Waals surface area contributed by atoms with Gasteiger partial charge in [0.1, 0.15) is 22.1 Å². The number of H-pyrrole nitrogens is 4. The van der Waals surface area contributed by atoms with Gasteiger partial charge >= 0.3 is 11.4 Å². The molecule has 0 spiro atoms. The molecule has 0 bridgehead atoms. The van der Waals surface area contributed by atoms with Gasteiger partial charge in [-0.3, -0.25) is 29.1 Å². The lowest BCUT2D eigenvalue weighted by atomic mass is 10.1. The molecule has 0 fully saturated rings. The minimum atomic E-state index is -4.36. The van der Waals surface area contributed by atoms with Crippen LogP contribution in [-0.2, 0) is 9.84 Å². The molecule has 6 rings (SSSR count). The molecule has 4 heterocycles. The normalized spacial score (nSPS) is 11.2. The van der Waals surface area contributed by atoms with Crippen molar-refractivity contribution in [2.45, 2.75) is 59.4 Å². The van der Waals surface area contributed by atoms with Crippen molar-refractivity contribution in [2.75, 3.05) is 0 Å². The van der Waals surface area contributed by atoms with Crippen molar-refractivity contribution in [2.24, 2.45) is 0 Å². The molecule has 0 aliphatic rings. The average molecular weight is 935 g/mol. The van der Waals surface area contributed by atoms with E-state index in [1.54, 1.807) is 26.0 Å². The summed E-state index contributed by atoms with van der Waals surface area (Å²) in [5, 5.41) is 37.0. The molecule has 0 aliphatic heterocycles.